The lowest BCUT2D eigenvalue weighted by Gasteiger charge is -2.50. The zero-order valence-corrected chi connectivity index (χ0v) is 13.5. The minimum Gasteiger partial charge on any atom is -0.315 e. The first-order valence-electron chi connectivity index (χ1n) is 8.39. The highest BCUT2D eigenvalue weighted by Gasteiger charge is 2.36. The van der Waals surface area contributed by atoms with E-state index in [1.54, 1.807) is 0 Å². The van der Waals surface area contributed by atoms with Gasteiger partial charge in [0, 0.05) is 44.3 Å². The van der Waals surface area contributed by atoms with Gasteiger partial charge in [0.15, 0.2) is 0 Å². The van der Waals surface area contributed by atoms with Gasteiger partial charge in [0.1, 0.15) is 0 Å². The SMILES string of the molecule is CC1(C)CN(C2CCCNC2)CCN1Cc1ccccc1. The third-order valence-corrected chi connectivity index (χ3v) is 5.11. The van der Waals surface area contributed by atoms with Crippen molar-refractivity contribution in [2.45, 2.75) is 44.8 Å². The Bertz CT molecular complexity index is 437. The van der Waals surface area contributed by atoms with Gasteiger partial charge in [0.2, 0.25) is 0 Å². The van der Waals surface area contributed by atoms with Crippen LogP contribution in [0, 0.1) is 0 Å². The van der Waals surface area contributed by atoms with Crippen molar-refractivity contribution in [1.29, 1.82) is 0 Å². The summed E-state index contributed by atoms with van der Waals surface area (Å²) in [5, 5.41) is 3.56. The van der Waals surface area contributed by atoms with Gasteiger partial charge in [0.05, 0.1) is 0 Å². The predicted octanol–water partition coefficient (Wildman–Crippen LogP) is 2.33. The highest BCUT2D eigenvalue weighted by Crippen LogP contribution is 2.25. The third-order valence-electron chi connectivity index (χ3n) is 5.11. The lowest BCUT2D eigenvalue weighted by molar-refractivity contribution is -0.00972. The molecule has 0 spiro atoms. The second-order valence-corrected chi connectivity index (χ2v) is 7.19. The summed E-state index contributed by atoms with van der Waals surface area (Å²) >= 11 is 0. The Balaban J connectivity index is 1.61. The van der Waals surface area contributed by atoms with Crippen LogP contribution < -0.4 is 5.32 Å². The zero-order chi connectivity index (χ0) is 14.7. The number of nitrogens with zero attached hydrogens (tertiary/aromatic N) is 2. The van der Waals surface area contributed by atoms with Crippen molar-refractivity contribution in [3.63, 3.8) is 0 Å². The molecule has 2 aliphatic rings. The Morgan fingerprint density at radius 1 is 1.19 bits per heavy atom. The maximum absolute atomic E-state index is 3.56. The summed E-state index contributed by atoms with van der Waals surface area (Å²) in [6.07, 6.45) is 2.69. The molecule has 2 fully saturated rings. The molecule has 1 aromatic carbocycles. The van der Waals surface area contributed by atoms with E-state index >= 15 is 0 Å². The van der Waals surface area contributed by atoms with Crippen molar-refractivity contribution in [3.8, 4) is 0 Å². The molecule has 1 aromatic rings. The molecule has 1 N–H and O–H groups in total. The quantitative estimate of drug-likeness (QED) is 0.920. The van der Waals surface area contributed by atoms with E-state index in [1.807, 2.05) is 0 Å². The minimum atomic E-state index is 0.255. The molecule has 0 aromatic heterocycles. The van der Waals surface area contributed by atoms with Gasteiger partial charge >= 0.3 is 0 Å². The van der Waals surface area contributed by atoms with Crippen LogP contribution in [0.3, 0.4) is 0 Å². The molecule has 3 heteroatoms. The van der Waals surface area contributed by atoms with Crippen molar-refractivity contribution in [2.75, 3.05) is 32.7 Å². The number of hydrogen-bond acceptors (Lipinski definition) is 3. The van der Waals surface area contributed by atoms with E-state index in [-0.39, 0.29) is 5.54 Å². The molecular weight excluding hydrogens is 258 g/mol. The van der Waals surface area contributed by atoms with Crippen LogP contribution in [-0.4, -0.2) is 54.1 Å². The van der Waals surface area contributed by atoms with Gasteiger partial charge in [-0.3, -0.25) is 9.80 Å². The van der Waals surface area contributed by atoms with Gasteiger partial charge < -0.3 is 5.32 Å². The second kappa shape index (κ2) is 6.47. The number of benzene rings is 1. The van der Waals surface area contributed by atoms with E-state index in [2.05, 4.69) is 59.3 Å². The lowest BCUT2D eigenvalue weighted by Crippen LogP contribution is -2.62. The molecule has 0 amide bonds. The highest BCUT2D eigenvalue weighted by atomic mass is 15.3. The Hall–Kier alpha value is -0.900. The van der Waals surface area contributed by atoms with Crippen LogP contribution in [0.1, 0.15) is 32.3 Å². The molecule has 0 saturated carbocycles. The Morgan fingerprint density at radius 2 is 2.00 bits per heavy atom. The summed E-state index contributed by atoms with van der Waals surface area (Å²) in [6, 6.07) is 11.6. The summed E-state index contributed by atoms with van der Waals surface area (Å²) in [4.78, 5) is 5.36. The first-order chi connectivity index (χ1) is 10.1. The fourth-order valence-electron chi connectivity index (χ4n) is 3.78. The Morgan fingerprint density at radius 3 is 2.67 bits per heavy atom. The molecule has 0 aliphatic carbocycles. The fraction of sp³-hybridized carbons (Fsp3) is 0.667. The molecule has 2 heterocycles. The maximum atomic E-state index is 3.56. The lowest BCUT2D eigenvalue weighted by atomic mass is 9.95. The van der Waals surface area contributed by atoms with E-state index in [9.17, 15) is 0 Å². The van der Waals surface area contributed by atoms with Gasteiger partial charge in [-0.05, 0) is 38.8 Å². The number of rotatable bonds is 3. The van der Waals surface area contributed by atoms with Crippen LogP contribution >= 0.6 is 0 Å². The van der Waals surface area contributed by atoms with E-state index in [1.165, 1.54) is 51.1 Å². The number of piperazine rings is 1. The second-order valence-electron chi connectivity index (χ2n) is 7.19. The number of hydrogen-bond donors (Lipinski definition) is 1. The summed E-state index contributed by atoms with van der Waals surface area (Å²) in [7, 11) is 0. The Kier molecular flexibility index (Phi) is 4.63. The van der Waals surface area contributed by atoms with Gasteiger partial charge in [-0.25, -0.2) is 0 Å². The standard InChI is InChI=1S/C18H29N3/c1-18(2)15-20(17-9-6-10-19-13-17)11-12-21(18)14-16-7-4-3-5-8-16/h3-5,7-8,17,19H,6,9-15H2,1-2H3. The van der Waals surface area contributed by atoms with Crippen molar-refractivity contribution >= 4 is 0 Å². The number of piperidine rings is 1. The molecule has 2 aliphatic heterocycles. The van der Waals surface area contributed by atoms with Crippen molar-refractivity contribution in [3.05, 3.63) is 35.9 Å². The molecule has 0 bridgehead atoms. The predicted molar refractivity (Wildman–Crippen MR) is 88.4 cm³/mol. The van der Waals surface area contributed by atoms with Crippen LogP contribution in [-0.2, 0) is 6.54 Å². The average molecular weight is 287 g/mol. The average Bonchev–Trinajstić information content (AvgIpc) is 2.51. The molecule has 21 heavy (non-hydrogen) atoms. The van der Waals surface area contributed by atoms with Gasteiger partial charge in [-0.15, -0.1) is 0 Å². The van der Waals surface area contributed by atoms with E-state index < -0.39 is 0 Å². The topological polar surface area (TPSA) is 18.5 Å². The largest absolute Gasteiger partial charge is 0.315 e. The molecule has 1 unspecified atom stereocenters. The van der Waals surface area contributed by atoms with E-state index in [4.69, 9.17) is 0 Å². The van der Waals surface area contributed by atoms with Crippen molar-refractivity contribution < 1.29 is 0 Å². The van der Waals surface area contributed by atoms with Crippen LogP contribution in [0.25, 0.3) is 0 Å². The van der Waals surface area contributed by atoms with Crippen LogP contribution in [0.2, 0.25) is 0 Å². The normalized spacial score (nSPS) is 27.6. The summed E-state index contributed by atoms with van der Waals surface area (Å²) in [5.74, 6) is 0. The summed E-state index contributed by atoms with van der Waals surface area (Å²) < 4.78 is 0. The molecule has 3 rings (SSSR count). The number of nitrogens with one attached hydrogen (secondary N) is 1. The van der Waals surface area contributed by atoms with Crippen molar-refractivity contribution in [2.24, 2.45) is 0 Å². The van der Waals surface area contributed by atoms with Gasteiger partial charge in [-0.1, -0.05) is 30.3 Å². The first kappa shape index (κ1) is 15.0. The zero-order valence-electron chi connectivity index (χ0n) is 13.5. The molecule has 1 atom stereocenters. The van der Waals surface area contributed by atoms with Crippen molar-refractivity contribution in [1.82, 2.24) is 15.1 Å². The third kappa shape index (κ3) is 3.65. The van der Waals surface area contributed by atoms with E-state index in [0.29, 0.717) is 0 Å². The van der Waals surface area contributed by atoms with Crippen LogP contribution in [0.5, 0.6) is 0 Å². The van der Waals surface area contributed by atoms with Gasteiger partial charge in [-0.2, -0.15) is 0 Å². The van der Waals surface area contributed by atoms with Gasteiger partial charge in [0.25, 0.3) is 0 Å². The van der Waals surface area contributed by atoms with E-state index in [0.717, 1.165) is 12.6 Å². The smallest absolute Gasteiger partial charge is 0.0284 e. The highest BCUT2D eigenvalue weighted by molar-refractivity contribution is 5.15. The summed E-state index contributed by atoms with van der Waals surface area (Å²) in [5.41, 5.74) is 1.68. The molecule has 3 nitrogen and oxygen atoms in total. The molecule has 2 saturated heterocycles. The first-order valence-corrected chi connectivity index (χ1v) is 8.39. The molecular formula is C18H29N3. The monoisotopic (exact) mass is 287 g/mol. The Labute approximate surface area is 129 Å². The summed E-state index contributed by atoms with van der Waals surface area (Å²) in [6.45, 7) is 11.8. The molecule has 0 radical (unpaired) electrons. The maximum Gasteiger partial charge on any atom is 0.0284 e. The molecule has 116 valence electrons. The minimum absolute atomic E-state index is 0.255. The van der Waals surface area contributed by atoms with Crippen LogP contribution in [0.15, 0.2) is 30.3 Å². The fourth-order valence-corrected chi connectivity index (χ4v) is 3.78. The van der Waals surface area contributed by atoms with Crippen LogP contribution in [0.4, 0.5) is 0 Å².